The normalized spacial score (nSPS) is 10.4. The van der Waals surface area contributed by atoms with Gasteiger partial charge in [0.2, 0.25) is 0 Å². The molecular formula is C22H22ClN3O2. The Hall–Kier alpha value is -3.05. The molecule has 0 saturated carbocycles. The third-order valence-electron chi connectivity index (χ3n) is 4.34. The van der Waals surface area contributed by atoms with Crippen LogP contribution in [-0.4, -0.2) is 24.5 Å². The van der Waals surface area contributed by atoms with Crippen molar-refractivity contribution in [3.8, 4) is 5.75 Å². The number of aryl methyl sites for hydroxylation is 1. The highest BCUT2D eigenvalue weighted by Crippen LogP contribution is 2.28. The molecule has 0 fully saturated rings. The zero-order valence-electron chi connectivity index (χ0n) is 16.1. The van der Waals surface area contributed by atoms with E-state index in [1.807, 2.05) is 18.2 Å². The summed E-state index contributed by atoms with van der Waals surface area (Å²) in [5.74, 6) is 0.302. The Bertz CT molecular complexity index is 991. The number of rotatable bonds is 6. The van der Waals surface area contributed by atoms with Crippen LogP contribution in [0.25, 0.3) is 0 Å². The number of pyridine rings is 1. The smallest absolute Gasteiger partial charge is 0.257 e. The van der Waals surface area contributed by atoms with Crippen molar-refractivity contribution in [3.63, 3.8) is 0 Å². The van der Waals surface area contributed by atoms with Crippen LogP contribution in [0.2, 0.25) is 5.02 Å². The Morgan fingerprint density at radius 3 is 2.64 bits per heavy atom. The molecule has 0 saturated heterocycles. The minimum absolute atomic E-state index is 0.254. The van der Waals surface area contributed by atoms with Crippen molar-refractivity contribution in [1.29, 1.82) is 0 Å². The van der Waals surface area contributed by atoms with Gasteiger partial charge in [-0.05, 0) is 55.8 Å². The Labute approximate surface area is 169 Å². The van der Waals surface area contributed by atoms with Gasteiger partial charge in [-0.25, -0.2) is 0 Å². The summed E-state index contributed by atoms with van der Waals surface area (Å²) in [4.78, 5) is 19.1. The number of amides is 1. The number of ether oxygens (including phenoxy) is 1. The monoisotopic (exact) mass is 395 g/mol. The standard InChI is InChI=1S/C22H22ClN3O2/c1-4-26(18-7-5-6-15(2)10-18)19-11-16(13-24-14-19)22(27)25-17-8-9-21(28-3)20(23)12-17/h5-14H,4H2,1-3H3,(H,25,27). The third-order valence-corrected chi connectivity index (χ3v) is 4.63. The Morgan fingerprint density at radius 2 is 1.96 bits per heavy atom. The van der Waals surface area contributed by atoms with Gasteiger partial charge >= 0.3 is 0 Å². The van der Waals surface area contributed by atoms with E-state index in [1.165, 1.54) is 5.56 Å². The average Bonchev–Trinajstić information content (AvgIpc) is 2.69. The van der Waals surface area contributed by atoms with Gasteiger partial charge in [0.05, 0.1) is 29.6 Å². The van der Waals surface area contributed by atoms with Crippen LogP contribution in [-0.2, 0) is 0 Å². The van der Waals surface area contributed by atoms with Gasteiger partial charge in [0, 0.05) is 24.1 Å². The lowest BCUT2D eigenvalue weighted by Gasteiger charge is -2.23. The van der Waals surface area contributed by atoms with Gasteiger partial charge in [0.25, 0.3) is 5.91 Å². The highest BCUT2D eigenvalue weighted by atomic mass is 35.5. The van der Waals surface area contributed by atoms with Crippen LogP contribution in [0.5, 0.6) is 5.75 Å². The van der Waals surface area contributed by atoms with Crippen LogP contribution in [0.1, 0.15) is 22.8 Å². The number of hydrogen-bond acceptors (Lipinski definition) is 4. The highest BCUT2D eigenvalue weighted by Gasteiger charge is 2.13. The van der Waals surface area contributed by atoms with E-state index in [2.05, 4.69) is 41.2 Å². The maximum absolute atomic E-state index is 12.7. The molecule has 3 rings (SSSR count). The van der Waals surface area contributed by atoms with E-state index in [0.717, 1.165) is 17.9 Å². The maximum Gasteiger partial charge on any atom is 0.257 e. The minimum atomic E-state index is -0.254. The van der Waals surface area contributed by atoms with Gasteiger partial charge in [-0.3, -0.25) is 9.78 Å². The van der Waals surface area contributed by atoms with E-state index in [0.29, 0.717) is 22.0 Å². The number of methoxy groups -OCH3 is 1. The SMILES string of the molecule is CCN(c1cccc(C)c1)c1cncc(C(=O)Nc2ccc(OC)c(Cl)c2)c1. The molecule has 0 unspecified atom stereocenters. The van der Waals surface area contributed by atoms with Crippen LogP contribution in [0.15, 0.2) is 60.9 Å². The average molecular weight is 396 g/mol. The summed E-state index contributed by atoms with van der Waals surface area (Å²) in [7, 11) is 1.55. The molecule has 5 nitrogen and oxygen atoms in total. The van der Waals surface area contributed by atoms with Crippen molar-refractivity contribution in [2.75, 3.05) is 23.9 Å². The van der Waals surface area contributed by atoms with Crippen molar-refractivity contribution in [1.82, 2.24) is 4.98 Å². The van der Waals surface area contributed by atoms with Crippen LogP contribution in [0, 0.1) is 6.92 Å². The van der Waals surface area contributed by atoms with E-state index in [-0.39, 0.29) is 5.91 Å². The second kappa shape index (κ2) is 8.76. The summed E-state index contributed by atoms with van der Waals surface area (Å²) in [5.41, 5.74) is 4.15. The zero-order chi connectivity index (χ0) is 20.1. The molecule has 28 heavy (non-hydrogen) atoms. The molecule has 2 aromatic carbocycles. The number of halogens is 1. The van der Waals surface area contributed by atoms with Crippen molar-refractivity contribution < 1.29 is 9.53 Å². The van der Waals surface area contributed by atoms with Crippen molar-refractivity contribution in [2.24, 2.45) is 0 Å². The van der Waals surface area contributed by atoms with E-state index in [4.69, 9.17) is 16.3 Å². The number of nitrogens with zero attached hydrogens (tertiary/aromatic N) is 2. The van der Waals surface area contributed by atoms with Crippen molar-refractivity contribution in [2.45, 2.75) is 13.8 Å². The third kappa shape index (κ3) is 4.43. The molecule has 0 radical (unpaired) electrons. The first kappa shape index (κ1) is 19.7. The zero-order valence-corrected chi connectivity index (χ0v) is 16.8. The van der Waals surface area contributed by atoms with Crippen molar-refractivity contribution in [3.05, 3.63) is 77.1 Å². The molecule has 0 atom stereocenters. The lowest BCUT2D eigenvalue weighted by atomic mass is 10.1. The first-order valence-corrected chi connectivity index (χ1v) is 9.33. The Morgan fingerprint density at radius 1 is 1.14 bits per heavy atom. The quantitative estimate of drug-likeness (QED) is 0.601. The number of carbonyl (C=O) groups is 1. The summed E-state index contributed by atoms with van der Waals surface area (Å²) in [5, 5.41) is 3.28. The van der Waals surface area contributed by atoms with E-state index in [1.54, 1.807) is 37.7 Å². The van der Waals surface area contributed by atoms with Gasteiger partial charge in [-0.2, -0.15) is 0 Å². The summed E-state index contributed by atoms with van der Waals surface area (Å²) in [6.07, 6.45) is 3.31. The summed E-state index contributed by atoms with van der Waals surface area (Å²) < 4.78 is 5.13. The molecule has 1 amide bonds. The topological polar surface area (TPSA) is 54.5 Å². The van der Waals surface area contributed by atoms with E-state index in [9.17, 15) is 4.79 Å². The summed E-state index contributed by atoms with van der Waals surface area (Å²) in [6.45, 7) is 4.87. The molecule has 1 aromatic heterocycles. The van der Waals surface area contributed by atoms with Gasteiger partial charge in [0.15, 0.2) is 0 Å². The molecule has 0 aliphatic rings. The highest BCUT2D eigenvalue weighted by molar-refractivity contribution is 6.32. The number of carbonyl (C=O) groups excluding carboxylic acids is 1. The van der Waals surface area contributed by atoms with Crippen LogP contribution in [0.4, 0.5) is 17.1 Å². The first-order chi connectivity index (χ1) is 13.5. The van der Waals surface area contributed by atoms with Crippen LogP contribution < -0.4 is 15.0 Å². The molecule has 3 aromatic rings. The van der Waals surface area contributed by atoms with Crippen LogP contribution in [0.3, 0.4) is 0 Å². The molecule has 1 N–H and O–H groups in total. The Balaban J connectivity index is 1.83. The second-order valence-corrected chi connectivity index (χ2v) is 6.73. The molecule has 0 bridgehead atoms. The summed E-state index contributed by atoms with van der Waals surface area (Å²) >= 11 is 6.13. The van der Waals surface area contributed by atoms with Gasteiger partial charge in [-0.1, -0.05) is 23.7 Å². The molecule has 0 aliphatic heterocycles. The molecular weight excluding hydrogens is 374 g/mol. The lowest BCUT2D eigenvalue weighted by molar-refractivity contribution is 0.102. The minimum Gasteiger partial charge on any atom is -0.495 e. The van der Waals surface area contributed by atoms with E-state index >= 15 is 0 Å². The fraction of sp³-hybridized carbons (Fsp3) is 0.182. The number of aromatic nitrogens is 1. The largest absolute Gasteiger partial charge is 0.495 e. The van der Waals surface area contributed by atoms with E-state index < -0.39 is 0 Å². The maximum atomic E-state index is 12.7. The van der Waals surface area contributed by atoms with Crippen molar-refractivity contribution >= 4 is 34.6 Å². The van der Waals surface area contributed by atoms with Crippen LogP contribution >= 0.6 is 11.6 Å². The van der Waals surface area contributed by atoms with Gasteiger partial charge < -0.3 is 15.0 Å². The molecule has 0 spiro atoms. The molecule has 1 heterocycles. The van der Waals surface area contributed by atoms with Gasteiger partial charge in [-0.15, -0.1) is 0 Å². The Kier molecular flexibility index (Phi) is 6.16. The first-order valence-electron chi connectivity index (χ1n) is 8.96. The fourth-order valence-corrected chi connectivity index (χ4v) is 3.21. The molecule has 0 aliphatic carbocycles. The fourth-order valence-electron chi connectivity index (χ4n) is 2.96. The number of anilines is 3. The number of benzene rings is 2. The number of hydrogen-bond donors (Lipinski definition) is 1. The lowest BCUT2D eigenvalue weighted by Crippen LogP contribution is -2.18. The van der Waals surface area contributed by atoms with Gasteiger partial charge in [0.1, 0.15) is 5.75 Å². The second-order valence-electron chi connectivity index (χ2n) is 6.32. The molecule has 6 heteroatoms. The number of nitrogens with one attached hydrogen (secondary N) is 1. The predicted molar refractivity (Wildman–Crippen MR) is 114 cm³/mol. The molecule has 144 valence electrons. The predicted octanol–water partition coefficient (Wildman–Crippen LogP) is 5.46. The summed E-state index contributed by atoms with van der Waals surface area (Å²) in [6, 6.07) is 15.2.